The van der Waals surface area contributed by atoms with Crippen LogP contribution >= 0.6 is 0 Å². The molecule has 0 aliphatic rings. The van der Waals surface area contributed by atoms with Crippen molar-refractivity contribution in [1.29, 1.82) is 0 Å². The first-order chi connectivity index (χ1) is 15.9. The van der Waals surface area contributed by atoms with Crippen LogP contribution in [0.15, 0.2) is 0 Å². The average molecular weight is 525 g/mol. The van der Waals surface area contributed by atoms with Crippen LogP contribution in [0.4, 0.5) is 0 Å². The Kier molecular flexibility index (Phi) is 17.4. The molecular formula is C22H40N2O12. The number of aliphatic hydroxyl groups excluding tert-OH is 2. The summed E-state index contributed by atoms with van der Waals surface area (Å²) in [5.41, 5.74) is 0. The van der Waals surface area contributed by atoms with Gasteiger partial charge in [-0.3, -0.25) is 9.59 Å². The minimum atomic E-state index is -2.19. The average Bonchev–Trinajstić information content (AvgIpc) is 2.65. The monoisotopic (exact) mass is 524 g/mol. The number of rotatable bonds is 10. The van der Waals surface area contributed by atoms with Crippen LogP contribution in [0.2, 0.25) is 0 Å². The van der Waals surface area contributed by atoms with E-state index in [0.29, 0.717) is 22.1 Å². The number of hydrogen-bond acceptors (Lipinski definition) is 12. The number of carboxylic acid groups (broad SMARTS) is 2. The zero-order valence-electron chi connectivity index (χ0n) is 22.6. The van der Waals surface area contributed by atoms with E-state index in [-0.39, 0.29) is 11.6 Å². The highest BCUT2D eigenvalue weighted by Gasteiger charge is 2.28. The van der Waals surface area contributed by atoms with Crippen LogP contribution in [0.25, 0.3) is 0 Å². The Balaban J connectivity index is -0.000000495. The highest BCUT2D eigenvalue weighted by molar-refractivity contribution is 6.25. The van der Waals surface area contributed by atoms with E-state index in [4.69, 9.17) is 39.5 Å². The van der Waals surface area contributed by atoms with E-state index in [1.807, 2.05) is 42.3 Å². The standard InChI is InChI=1S/2C10H20NO4.C2H2O4/c2*1-7(12)9(6-11(3,4)5)15-10(14)8(2)13;3-1(4)2(5)6/h2*8-9,13H,6H2,1-5H3;(H,3,4)(H,5,6)/q2*+1;/p-2. The Bertz CT molecular complexity index is 700. The third kappa shape index (κ3) is 22.8. The molecular weight excluding hydrogens is 484 g/mol. The first kappa shape index (κ1) is 37.6. The molecule has 0 saturated heterocycles. The molecule has 0 aliphatic heterocycles. The molecule has 2 N–H and O–H groups in total. The fourth-order valence-corrected chi connectivity index (χ4v) is 1.97. The molecule has 0 radical (unpaired) electrons. The SMILES string of the molecule is CC(=O)C(C[N+](C)(C)C)OC(=O)C(C)O.CC(=O)C(C[N+](C)(C)C)OC(=O)C(C)O.O=C([O-])C(=O)[O-]. The lowest BCUT2D eigenvalue weighted by molar-refractivity contribution is -0.872. The van der Waals surface area contributed by atoms with Gasteiger partial charge in [0.25, 0.3) is 0 Å². The minimum Gasteiger partial charge on any atom is -0.543 e. The second-order valence-corrected chi connectivity index (χ2v) is 9.95. The summed E-state index contributed by atoms with van der Waals surface area (Å²) in [4.78, 5) is 62.5. The molecule has 0 aliphatic carbocycles. The van der Waals surface area contributed by atoms with Gasteiger partial charge in [-0.2, -0.15) is 0 Å². The van der Waals surface area contributed by atoms with Gasteiger partial charge in [-0.05, 0) is 27.7 Å². The maximum Gasteiger partial charge on any atom is 0.335 e. The summed E-state index contributed by atoms with van der Waals surface area (Å²) in [7, 11) is 11.4. The molecule has 0 saturated carbocycles. The van der Waals surface area contributed by atoms with Gasteiger partial charge in [-0.15, -0.1) is 0 Å². The number of aliphatic hydroxyl groups is 2. The molecule has 0 amide bonds. The Morgan fingerprint density at radius 1 is 0.639 bits per heavy atom. The Hall–Kier alpha value is -2.94. The number of aliphatic carboxylic acids is 2. The van der Waals surface area contributed by atoms with Gasteiger partial charge < -0.3 is 48.5 Å². The number of carbonyl (C=O) groups is 6. The molecule has 0 aromatic rings. The molecule has 0 rings (SSSR count). The fraction of sp³-hybridized carbons (Fsp3) is 0.727. The third-order valence-corrected chi connectivity index (χ3v) is 3.70. The predicted octanol–water partition coefficient (Wildman–Crippen LogP) is -4.37. The molecule has 0 fully saturated rings. The molecule has 0 spiro atoms. The Morgan fingerprint density at radius 2 is 0.861 bits per heavy atom. The second-order valence-electron chi connectivity index (χ2n) is 9.95. The van der Waals surface area contributed by atoms with Crippen molar-refractivity contribution in [1.82, 2.24) is 0 Å². The third-order valence-electron chi connectivity index (χ3n) is 3.70. The molecule has 14 nitrogen and oxygen atoms in total. The molecule has 0 heterocycles. The van der Waals surface area contributed by atoms with Crippen molar-refractivity contribution in [3.63, 3.8) is 0 Å². The van der Waals surface area contributed by atoms with Gasteiger partial charge >= 0.3 is 11.9 Å². The largest absolute Gasteiger partial charge is 0.543 e. The van der Waals surface area contributed by atoms with E-state index >= 15 is 0 Å². The molecule has 4 atom stereocenters. The summed E-state index contributed by atoms with van der Waals surface area (Å²) >= 11 is 0. The van der Waals surface area contributed by atoms with Crippen molar-refractivity contribution < 1.29 is 67.6 Å². The van der Waals surface area contributed by atoms with Gasteiger partial charge in [-0.1, -0.05) is 0 Å². The summed E-state index contributed by atoms with van der Waals surface area (Å²) in [5, 5.41) is 35.8. The van der Waals surface area contributed by atoms with Crippen LogP contribution in [0, 0.1) is 0 Å². The fourth-order valence-electron chi connectivity index (χ4n) is 1.97. The second kappa shape index (κ2) is 16.7. The first-order valence-corrected chi connectivity index (χ1v) is 10.7. The van der Waals surface area contributed by atoms with E-state index in [0.717, 1.165) is 0 Å². The van der Waals surface area contributed by atoms with Gasteiger partial charge in [0.05, 0.1) is 54.2 Å². The van der Waals surface area contributed by atoms with Crippen LogP contribution in [0.5, 0.6) is 0 Å². The van der Waals surface area contributed by atoms with Crippen LogP contribution in [-0.4, -0.2) is 134 Å². The normalized spacial score (nSPS) is 14.2. The molecule has 36 heavy (non-hydrogen) atoms. The number of hydrogen-bond donors (Lipinski definition) is 2. The lowest BCUT2D eigenvalue weighted by Gasteiger charge is -2.28. The first-order valence-electron chi connectivity index (χ1n) is 10.7. The maximum absolute atomic E-state index is 11.2. The Labute approximate surface area is 211 Å². The number of ether oxygens (including phenoxy) is 2. The molecule has 14 heteroatoms. The van der Waals surface area contributed by atoms with Gasteiger partial charge in [-0.25, -0.2) is 9.59 Å². The van der Waals surface area contributed by atoms with Crippen molar-refractivity contribution in [2.75, 3.05) is 55.4 Å². The highest BCUT2D eigenvalue weighted by Crippen LogP contribution is 2.04. The van der Waals surface area contributed by atoms with Crippen molar-refractivity contribution in [3.05, 3.63) is 0 Å². The van der Waals surface area contributed by atoms with Crippen LogP contribution < -0.4 is 10.2 Å². The quantitative estimate of drug-likeness (QED) is 0.158. The summed E-state index contributed by atoms with van der Waals surface area (Å²) in [5.74, 6) is -6.31. The number of Topliss-reactive ketones (excluding diaryl/α,β-unsaturated/α-hetero) is 2. The maximum atomic E-state index is 11.2. The molecule has 210 valence electrons. The summed E-state index contributed by atoms with van der Waals surface area (Å²) in [6.45, 7) is 6.16. The number of likely N-dealkylation sites (N-methyl/N-ethyl adjacent to an activating group) is 2. The van der Waals surface area contributed by atoms with Crippen molar-refractivity contribution >= 4 is 35.4 Å². The topological polar surface area (TPSA) is 207 Å². The molecule has 0 bridgehead atoms. The van der Waals surface area contributed by atoms with Crippen molar-refractivity contribution in [2.45, 2.75) is 52.1 Å². The summed E-state index contributed by atoms with van der Waals surface area (Å²) in [6.07, 6.45) is -3.96. The van der Waals surface area contributed by atoms with Gasteiger partial charge in [0.15, 0.2) is 11.6 Å². The highest BCUT2D eigenvalue weighted by atomic mass is 16.6. The Morgan fingerprint density at radius 3 is 0.972 bits per heavy atom. The van der Waals surface area contributed by atoms with Crippen LogP contribution in [-0.2, 0) is 38.2 Å². The van der Waals surface area contributed by atoms with Gasteiger partial charge in [0.2, 0.25) is 12.2 Å². The van der Waals surface area contributed by atoms with Crippen LogP contribution in [0.1, 0.15) is 27.7 Å². The number of carbonyl (C=O) groups excluding carboxylic acids is 6. The van der Waals surface area contributed by atoms with E-state index in [1.54, 1.807) is 0 Å². The van der Waals surface area contributed by atoms with E-state index in [9.17, 15) is 19.2 Å². The van der Waals surface area contributed by atoms with E-state index < -0.39 is 48.3 Å². The summed E-state index contributed by atoms with van der Waals surface area (Å²) < 4.78 is 10.8. The number of ketones is 2. The van der Waals surface area contributed by atoms with Gasteiger partial charge in [0, 0.05) is 0 Å². The zero-order chi connectivity index (χ0) is 29.6. The van der Waals surface area contributed by atoms with E-state index in [2.05, 4.69) is 0 Å². The lowest BCUT2D eigenvalue weighted by Crippen LogP contribution is -2.46. The molecule has 0 aromatic heterocycles. The minimum absolute atomic E-state index is 0.211. The smallest absolute Gasteiger partial charge is 0.335 e. The zero-order valence-corrected chi connectivity index (χ0v) is 22.6. The van der Waals surface area contributed by atoms with Gasteiger partial charge in [0.1, 0.15) is 25.3 Å². The summed E-state index contributed by atoms with van der Waals surface area (Å²) in [6, 6.07) is 0. The number of esters is 2. The van der Waals surface area contributed by atoms with Crippen molar-refractivity contribution in [3.8, 4) is 0 Å². The predicted molar refractivity (Wildman–Crippen MR) is 120 cm³/mol. The van der Waals surface area contributed by atoms with E-state index in [1.165, 1.54) is 27.7 Å². The number of quaternary nitrogens is 2. The number of nitrogens with zero attached hydrogens (tertiary/aromatic N) is 2. The lowest BCUT2D eigenvalue weighted by atomic mass is 10.2. The molecule has 0 aromatic carbocycles. The van der Waals surface area contributed by atoms with Crippen LogP contribution in [0.3, 0.4) is 0 Å². The van der Waals surface area contributed by atoms with Crippen molar-refractivity contribution in [2.24, 2.45) is 0 Å². The number of carboxylic acids is 2. The molecule has 4 unspecified atom stereocenters.